The Morgan fingerprint density at radius 1 is 1.27 bits per heavy atom. The number of amides is 1. The molecule has 1 saturated heterocycles. The number of carbonyl (C=O) groups excluding carboxylic acids is 1. The molecule has 0 aliphatic carbocycles. The van der Waals surface area contributed by atoms with Crippen molar-refractivity contribution < 1.29 is 9.53 Å². The number of anilines is 1. The Labute approximate surface area is 158 Å². The van der Waals surface area contributed by atoms with E-state index in [1.54, 1.807) is 13.4 Å². The highest BCUT2D eigenvalue weighted by Gasteiger charge is 2.22. The third-order valence-corrected chi connectivity index (χ3v) is 5.41. The summed E-state index contributed by atoms with van der Waals surface area (Å²) in [6.45, 7) is 6.63. The summed E-state index contributed by atoms with van der Waals surface area (Å²) in [4.78, 5) is 16.8. The van der Waals surface area contributed by atoms with Crippen molar-refractivity contribution in [1.82, 2.24) is 19.7 Å². The molecule has 7 nitrogen and oxygen atoms in total. The van der Waals surface area contributed by atoms with Crippen LogP contribution in [0.2, 0.25) is 0 Å². The first kappa shape index (κ1) is 18.7. The number of nitrogens with zero attached hydrogens (tertiary/aromatic N) is 5. The van der Waals surface area contributed by atoms with E-state index in [9.17, 15) is 4.79 Å². The van der Waals surface area contributed by atoms with Gasteiger partial charge in [0.05, 0.1) is 12.4 Å². The maximum absolute atomic E-state index is 12.5. The molecule has 0 bridgehead atoms. The van der Waals surface area contributed by atoms with Crippen LogP contribution in [0.3, 0.4) is 0 Å². The number of benzene rings is 1. The lowest BCUT2D eigenvalue weighted by atomic mass is 10.2. The minimum Gasteiger partial charge on any atom is -0.383 e. The van der Waals surface area contributed by atoms with Gasteiger partial charge in [0, 0.05) is 45.5 Å². The standard InChI is InChI=1S/C18H25N5O2S/c1-15-4-3-5-16(12-15)21-6-8-22(9-7-21)17(24)13-26-18-20-19-14-23(18)10-11-25-2/h3-5,12,14H,6-11,13H2,1-2H3. The summed E-state index contributed by atoms with van der Waals surface area (Å²) < 4.78 is 6.99. The average molecular weight is 375 g/mol. The van der Waals surface area contributed by atoms with Gasteiger partial charge in [0.25, 0.3) is 0 Å². The molecule has 1 aromatic heterocycles. The molecule has 2 heterocycles. The Hall–Kier alpha value is -2.06. The Morgan fingerprint density at radius 2 is 2.08 bits per heavy atom. The number of aryl methyl sites for hydroxylation is 1. The Kier molecular flexibility index (Phi) is 6.51. The topological polar surface area (TPSA) is 63.5 Å². The summed E-state index contributed by atoms with van der Waals surface area (Å²) in [5.74, 6) is 0.538. The Balaban J connectivity index is 1.47. The molecule has 0 atom stereocenters. The summed E-state index contributed by atoms with van der Waals surface area (Å²) >= 11 is 1.43. The van der Waals surface area contributed by atoms with Crippen LogP contribution in [0, 0.1) is 6.92 Å². The zero-order valence-corrected chi connectivity index (χ0v) is 16.1. The van der Waals surface area contributed by atoms with Crippen molar-refractivity contribution in [3.05, 3.63) is 36.2 Å². The molecule has 3 rings (SSSR count). The molecular weight excluding hydrogens is 350 g/mol. The second-order valence-electron chi connectivity index (χ2n) is 6.30. The fourth-order valence-electron chi connectivity index (χ4n) is 2.96. The lowest BCUT2D eigenvalue weighted by Crippen LogP contribution is -2.49. The lowest BCUT2D eigenvalue weighted by molar-refractivity contribution is -0.128. The molecule has 0 spiro atoms. The Bertz CT molecular complexity index is 728. The molecule has 2 aromatic rings. The summed E-state index contributed by atoms with van der Waals surface area (Å²) in [5, 5.41) is 8.77. The molecule has 1 fully saturated rings. The minimum atomic E-state index is 0.153. The van der Waals surface area contributed by atoms with E-state index >= 15 is 0 Å². The smallest absolute Gasteiger partial charge is 0.233 e. The summed E-state index contributed by atoms with van der Waals surface area (Å²) in [7, 11) is 1.66. The molecule has 0 N–H and O–H groups in total. The van der Waals surface area contributed by atoms with Crippen molar-refractivity contribution in [2.24, 2.45) is 0 Å². The molecule has 1 aliphatic rings. The van der Waals surface area contributed by atoms with Gasteiger partial charge in [-0.25, -0.2) is 0 Å². The number of rotatable bonds is 7. The second kappa shape index (κ2) is 9.05. The molecule has 1 amide bonds. The molecule has 0 unspecified atom stereocenters. The maximum atomic E-state index is 12.5. The lowest BCUT2D eigenvalue weighted by Gasteiger charge is -2.36. The molecule has 140 valence electrons. The number of carbonyl (C=O) groups is 1. The van der Waals surface area contributed by atoms with Crippen molar-refractivity contribution in [1.29, 1.82) is 0 Å². The first-order valence-corrected chi connectivity index (χ1v) is 9.75. The van der Waals surface area contributed by atoms with Gasteiger partial charge in [0.2, 0.25) is 5.91 Å². The number of methoxy groups -OCH3 is 1. The average Bonchev–Trinajstić information content (AvgIpc) is 3.12. The van der Waals surface area contributed by atoms with Crippen molar-refractivity contribution >= 4 is 23.4 Å². The zero-order chi connectivity index (χ0) is 18.4. The van der Waals surface area contributed by atoms with Gasteiger partial charge in [0.15, 0.2) is 5.16 Å². The van der Waals surface area contributed by atoms with Gasteiger partial charge < -0.3 is 19.1 Å². The zero-order valence-electron chi connectivity index (χ0n) is 15.3. The molecule has 0 saturated carbocycles. The fourth-order valence-corrected chi connectivity index (χ4v) is 3.80. The maximum Gasteiger partial charge on any atom is 0.233 e. The normalized spacial score (nSPS) is 14.7. The summed E-state index contributed by atoms with van der Waals surface area (Å²) in [6.07, 6.45) is 1.67. The highest BCUT2D eigenvalue weighted by molar-refractivity contribution is 7.99. The van der Waals surface area contributed by atoms with Crippen LogP contribution in [-0.2, 0) is 16.1 Å². The van der Waals surface area contributed by atoms with Crippen LogP contribution >= 0.6 is 11.8 Å². The second-order valence-corrected chi connectivity index (χ2v) is 7.24. The quantitative estimate of drug-likeness (QED) is 0.686. The molecule has 0 radical (unpaired) electrons. The van der Waals surface area contributed by atoms with Gasteiger partial charge in [0.1, 0.15) is 6.33 Å². The highest BCUT2D eigenvalue weighted by Crippen LogP contribution is 2.19. The van der Waals surface area contributed by atoms with E-state index in [-0.39, 0.29) is 5.91 Å². The summed E-state index contributed by atoms with van der Waals surface area (Å²) in [5.41, 5.74) is 2.49. The molecule has 8 heteroatoms. The van der Waals surface area contributed by atoms with E-state index in [0.29, 0.717) is 18.9 Å². The van der Waals surface area contributed by atoms with Crippen LogP contribution in [-0.4, -0.2) is 71.2 Å². The molecular formula is C18H25N5O2S. The van der Waals surface area contributed by atoms with Gasteiger partial charge in [-0.05, 0) is 24.6 Å². The van der Waals surface area contributed by atoms with E-state index in [2.05, 4.69) is 46.3 Å². The molecule has 26 heavy (non-hydrogen) atoms. The van der Waals surface area contributed by atoms with E-state index in [0.717, 1.165) is 31.3 Å². The number of piperazine rings is 1. The van der Waals surface area contributed by atoms with Gasteiger partial charge in [-0.1, -0.05) is 23.9 Å². The van der Waals surface area contributed by atoms with Crippen LogP contribution in [0.4, 0.5) is 5.69 Å². The predicted molar refractivity (Wildman–Crippen MR) is 103 cm³/mol. The number of hydrogen-bond acceptors (Lipinski definition) is 6. The SMILES string of the molecule is COCCn1cnnc1SCC(=O)N1CCN(c2cccc(C)c2)CC1. The van der Waals surface area contributed by atoms with E-state index in [1.807, 2.05) is 9.47 Å². The fraction of sp³-hybridized carbons (Fsp3) is 0.500. The Morgan fingerprint density at radius 3 is 2.81 bits per heavy atom. The highest BCUT2D eigenvalue weighted by atomic mass is 32.2. The minimum absolute atomic E-state index is 0.153. The van der Waals surface area contributed by atoms with Crippen LogP contribution in [0.15, 0.2) is 35.7 Å². The van der Waals surface area contributed by atoms with Gasteiger partial charge in [-0.15, -0.1) is 10.2 Å². The monoisotopic (exact) mass is 375 g/mol. The molecule has 1 aliphatic heterocycles. The van der Waals surface area contributed by atoms with Crippen LogP contribution in [0.25, 0.3) is 0 Å². The third kappa shape index (κ3) is 4.76. The summed E-state index contributed by atoms with van der Waals surface area (Å²) in [6, 6.07) is 8.51. The largest absolute Gasteiger partial charge is 0.383 e. The van der Waals surface area contributed by atoms with E-state index in [1.165, 1.54) is 23.0 Å². The van der Waals surface area contributed by atoms with E-state index < -0.39 is 0 Å². The van der Waals surface area contributed by atoms with Crippen LogP contribution in [0.1, 0.15) is 5.56 Å². The van der Waals surface area contributed by atoms with Crippen LogP contribution in [0.5, 0.6) is 0 Å². The van der Waals surface area contributed by atoms with Crippen molar-refractivity contribution in [2.45, 2.75) is 18.6 Å². The van der Waals surface area contributed by atoms with Crippen molar-refractivity contribution in [3.63, 3.8) is 0 Å². The first-order chi connectivity index (χ1) is 12.7. The third-order valence-electron chi connectivity index (χ3n) is 4.44. The predicted octanol–water partition coefficient (Wildman–Crippen LogP) is 1.67. The number of aromatic nitrogens is 3. The van der Waals surface area contributed by atoms with Gasteiger partial charge in [-0.2, -0.15) is 0 Å². The number of ether oxygens (including phenoxy) is 1. The van der Waals surface area contributed by atoms with Crippen molar-refractivity contribution in [3.8, 4) is 0 Å². The molecule has 1 aromatic carbocycles. The number of hydrogen-bond donors (Lipinski definition) is 0. The first-order valence-electron chi connectivity index (χ1n) is 8.76. The number of thioether (sulfide) groups is 1. The van der Waals surface area contributed by atoms with Crippen molar-refractivity contribution in [2.75, 3.05) is 50.5 Å². The van der Waals surface area contributed by atoms with E-state index in [4.69, 9.17) is 4.74 Å². The van der Waals surface area contributed by atoms with Gasteiger partial charge >= 0.3 is 0 Å². The van der Waals surface area contributed by atoms with Gasteiger partial charge in [-0.3, -0.25) is 4.79 Å². The van der Waals surface area contributed by atoms with Crippen LogP contribution < -0.4 is 4.90 Å².